The summed E-state index contributed by atoms with van der Waals surface area (Å²) in [5, 5.41) is 5.61. The Bertz CT molecular complexity index is 837. The van der Waals surface area contributed by atoms with E-state index in [0.29, 0.717) is 17.7 Å². The lowest BCUT2D eigenvalue weighted by atomic mass is 10.0. The van der Waals surface area contributed by atoms with E-state index < -0.39 is 23.8 Å². The molecule has 3 aliphatic rings. The molecular formula is C19H22N4O4. The van der Waals surface area contributed by atoms with Crippen LogP contribution in [0.1, 0.15) is 58.4 Å². The topological polar surface area (TPSA) is 122 Å². The molecule has 1 saturated heterocycles. The number of hydrogen-bond acceptors (Lipinski definition) is 6. The second-order valence-corrected chi connectivity index (χ2v) is 7.41. The summed E-state index contributed by atoms with van der Waals surface area (Å²) in [6, 6.07) is 4.61. The standard InChI is InChI=1S/C19H22N4O4/c20-13-2-1-3-14(13)21-9-10-4-5-11-12(8-10)19(27)23(18(11)26)15-6-7-16(24)22-17(15)25/h4-5,8,13-15,21H,1-3,6-7,9,20H2,(H,22,24,25)/t13-,14+,15?/m1/s1. The molecule has 4 N–H and O–H groups in total. The molecule has 1 aromatic rings. The van der Waals surface area contributed by atoms with Gasteiger partial charge in [-0.2, -0.15) is 0 Å². The minimum absolute atomic E-state index is 0.112. The second-order valence-electron chi connectivity index (χ2n) is 7.41. The lowest BCUT2D eigenvalue weighted by molar-refractivity contribution is -0.136. The van der Waals surface area contributed by atoms with E-state index in [1.54, 1.807) is 12.1 Å². The maximum atomic E-state index is 12.8. The highest BCUT2D eigenvalue weighted by Gasteiger charge is 2.44. The summed E-state index contributed by atoms with van der Waals surface area (Å²) >= 11 is 0. The van der Waals surface area contributed by atoms with Crippen molar-refractivity contribution in [1.82, 2.24) is 15.5 Å². The normalized spacial score (nSPS) is 27.9. The fraction of sp³-hybridized carbons (Fsp3) is 0.474. The molecule has 8 heteroatoms. The van der Waals surface area contributed by atoms with Crippen LogP contribution in [0.5, 0.6) is 0 Å². The van der Waals surface area contributed by atoms with Crippen molar-refractivity contribution in [2.75, 3.05) is 0 Å². The number of fused-ring (bicyclic) bond motifs is 1. The van der Waals surface area contributed by atoms with Gasteiger partial charge in [0.05, 0.1) is 11.1 Å². The molecule has 4 rings (SSSR count). The van der Waals surface area contributed by atoms with Crippen molar-refractivity contribution in [3.63, 3.8) is 0 Å². The van der Waals surface area contributed by atoms with E-state index in [4.69, 9.17) is 5.73 Å². The number of imide groups is 2. The number of carbonyl (C=O) groups excluding carboxylic acids is 4. The third kappa shape index (κ3) is 3.15. The van der Waals surface area contributed by atoms with E-state index >= 15 is 0 Å². The number of nitrogens with two attached hydrogens (primary N) is 1. The monoisotopic (exact) mass is 370 g/mol. The number of hydrogen-bond donors (Lipinski definition) is 3. The molecule has 0 bridgehead atoms. The zero-order chi connectivity index (χ0) is 19.1. The molecule has 1 aromatic carbocycles. The van der Waals surface area contributed by atoms with Gasteiger partial charge in [0.25, 0.3) is 11.8 Å². The van der Waals surface area contributed by atoms with Crippen LogP contribution in [0.25, 0.3) is 0 Å². The van der Waals surface area contributed by atoms with E-state index in [9.17, 15) is 19.2 Å². The van der Waals surface area contributed by atoms with E-state index in [2.05, 4.69) is 10.6 Å². The van der Waals surface area contributed by atoms with Crippen LogP contribution in [-0.4, -0.2) is 46.7 Å². The predicted molar refractivity (Wildman–Crippen MR) is 95.6 cm³/mol. The van der Waals surface area contributed by atoms with Gasteiger partial charge in [0.1, 0.15) is 6.04 Å². The second kappa shape index (κ2) is 6.86. The fourth-order valence-corrected chi connectivity index (χ4v) is 4.12. The van der Waals surface area contributed by atoms with E-state index in [1.165, 1.54) is 0 Å². The van der Waals surface area contributed by atoms with Crippen LogP contribution >= 0.6 is 0 Å². The van der Waals surface area contributed by atoms with Crippen LogP contribution in [-0.2, 0) is 16.1 Å². The SMILES string of the molecule is N[C@@H]1CCC[C@@H]1NCc1ccc2c(c1)C(=O)N(C1CCC(=O)NC1=O)C2=O. The third-order valence-electron chi connectivity index (χ3n) is 5.64. The van der Waals surface area contributed by atoms with Gasteiger partial charge in [-0.1, -0.05) is 12.5 Å². The average Bonchev–Trinajstić information content (AvgIpc) is 3.15. The molecule has 1 aliphatic carbocycles. The Kier molecular flexibility index (Phi) is 4.53. The van der Waals surface area contributed by atoms with Crippen molar-refractivity contribution in [2.24, 2.45) is 5.73 Å². The Morgan fingerprint density at radius 1 is 1.07 bits per heavy atom. The van der Waals surface area contributed by atoms with Crippen molar-refractivity contribution in [2.45, 2.75) is 56.8 Å². The maximum Gasteiger partial charge on any atom is 0.262 e. The first-order valence-electron chi connectivity index (χ1n) is 9.29. The number of piperidine rings is 1. The van der Waals surface area contributed by atoms with Crippen LogP contribution < -0.4 is 16.4 Å². The first-order valence-corrected chi connectivity index (χ1v) is 9.29. The largest absolute Gasteiger partial charge is 0.326 e. The lowest BCUT2D eigenvalue weighted by Crippen LogP contribution is -2.54. The molecule has 2 heterocycles. The minimum atomic E-state index is -0.937. The number of amides is 4. The van der Waals surface area contributed by atoms with Gasteiger partial charge in [-0.25, -0.2) is 0 Å². The van der Waals surface area contributed by atoms with Crippen molar-refractivity contribution in [3.8, 4) is 0 Å². The molecule has 4 amide bonds. The summed E-state index contributed by atoms with van der Waals surface area (Å²) in [6.45, 7) is 0.561. The third-order valence-corrected chi connectivity index (χ3v) is 5.64. The zero-order valence-corrected chi connectivity index (χ0v) is 14.9. The highest BCUT2D eigenvalue weighted by molar-refractivity contribution is 6.23. The summed E-state index contributed by atoms with van der Waals surface area (Å²) in [5.74, 6) is -1.95. The molecule has 27 heavy (non-hydrogen) atoms. The molecule has 1 unspecified atom stereocenters. The number of rotatable bonds is 4. The first kappa shape index (κ1) is 17.8. The van der Waals surface area contributed by atoms with Crippen molar-refractivity contribution in [3.05, 3.63) is 34.9 Å². The molecular weight excluding hydrogens is 348 g/mol. The van der Waals surface area contributed by atoms with Gasteiger partial charge in [-0.05, 0) is 37.0 Å². The van der Waals surface area contributed by atoms with Crippen LogP contribution in [0.15, 0.2) is 18.2 Å². The molecule has 142 valence electrons. The Morgan fingerprint density at radius 2 is 1.85 bits per heavy atom. The van der Waals surface area contributed by atoms with E-state index in [1.807, 2.05) is 6.07 Å². The molecule has 0 spiro atoms. The Morgan fingerprint density at radius 3 is 2.56 bits per heavy atom. The first-order chi connectivity index (χ1) is 13.0. The predicted octanol–water partition coefficient (Wildman–Crippen LogP) is 0.0572. The summed E-state index contributed by atoms with van der Waals surface area (Å²) < 4.78 is 0. The Hall–Kier alpha value is -2.58. The Balaban J connectivity index is 1.51. The van der Waals surface area contributed by atoms with Gasteiger partial charge in [0.15, 0.2) is 0 Å². The fourth-order valence-electron chi connectivity index (χ4n) is 4.12. The number of benzene rings is 1. The molecule has 8 nitrogen and oxygen atoms in total. The minimum Gasteiger partial charge on any atom is -0.326 e. The zero-order valence-electron chi connectivity index (χ0n) is 14.9. The molecule has 0 aromatic heterocycles. The van der Waals surface area contributed by atoms with E-state index in [0.717, 1.165) is 29.7 Å². The molecule has 0 radical (unpaired) electrons. The molecule has 2 fully saturated rings. The smallest absolute Gasteiger partial charge is 0.262 e. The van der Waals surface area contributed by atoms with Crippen LogP contribution in [0.3, 0.4) is 0 Å². The van der Waals surface area contributed by atoms with Crippen LogP contribution in [0.2, 0.25) is 0 Å². The van der Waals surface area contributed by atoms with Gasteiger partial charge in [-0.3, -0.25) is 29.4 Å². The number of nitrogens with one attached hydrogen (secondary N) is 2. The summed E-state index contributed by atoms with van der Waals surface area (Å²) in [6.07, 6.45) is 3.42. The summed E-state index contributed by atoms with van der Waals surface area (Å²) in [4.78, 5) is 49.9. The summed E-state index contributed by atoms with van der Waals surface area (Å²) in [5.41, 5.74) is 7.56. The van der Waals surface area contributed by atoms with E-state index in [-0.39, 0.29) is 30.8 Å². The molecule has 3 atom stereocenters. The van der Waals surface area contributed by atoms with Crippen molar-refractivity contribution >= 4 is 23.6 Å². The van der Waals surface area contributed by atoms with Crippen molar-refractivity contribution in [1.29, 1.82) is 0 Å². The van der Waals surface area contributed by atoms with Crippen LogP contribution in [0, 0.1) is 0 Å². The highest BCUT2D eigenvalue weighted by atomic mass is 16.2. The van der Waals surface area contributed by atoms with Crippen molar-refractivity contribution < 1.29 is 19.2 Å². The van der Waals surface area contributed by atoms with Gasteiger partial charge in [0.2, 0.25) is 11.8 Å². The van der Waals surface area contributed by atoms with Crippen LogP contribution in [0.4, 0.5) is 0 Å². The maximum absolute atomic E-state index is 12.8. The van der Waals surface area contributed by atoms with Gasteiger partial charge in [-0.15, -0.1) is 0 Å². The quantitative estimate of drug-likeness (QED) is 0.644. The summed E-state index contributed by atoms with van der Waals surface area (Å²) in [7, 11) is 0. The number of nitrogens with zero attached hydrogens (tertiary/aromatic N) is 1. The molecule has 2 aliphatic heterocycles. The van der Waals surface area contributed by atoms with Gasteiger partial charge >= 0.3 is 0 Å². The Labute approximate surface area is 156 Å². The van der Waals surface area contributed by atoms with Gasteiger partial charge in [0, 0.05) is 25.0 Å². The lowest BCUT2D eigenvalue weighted by Gasteiger charge is -2.27. The highest BCUT2D eigenvalue weighted by Crippen LogP contribution is 2.28. The van der Waals surface area contributed by atoms with Gasteiger partial charge < -0.3 is 11.1 Å². The molecule has 1 saturated carbocycles. The number of carbonyl (C=O) groups is 4. The average molecular weight is 370 g/mol.